The highest BCUT2D eigenvalue weighted by Gasteiger charge is 2.74. The number of esters is 1. The van der Waals surface area contributed by atoms with Crippen LogP contribution in [0, 0.1) is 11.8 Å². The van der Waals surface area contributed by atoms with Crippen LogP contribution in [0.5, 0.6) is 0 Å². The van der Waals surface area contributed by atoms with Crippen molar-refractivity contribution in [1.29, 1.82) is 0 Å². The van der Waals surface area contributed by atoms with Gasteiger partial charge in [0.05, 0.1) is 20.3 Å². The molecular formula is C12H17BrO4S. The van der Waals surface area contributed by atoms with Gasteiger partial charge in [-0.25, -0.2) is 0 Å². The number of carbonyl (C=O) groups is 1. The Kier molecular flexibility index (Phi) is 3.20. The van der Waals surface area contributed by atoms with Crippen LogP contribution in [0.2, 0.25) is 0 Å². The van der Waals surface area contributed by atoms with E-state index in [-0.39, 0.29) is 17.8 Å². The van der Waals surface area contributed by atoms with Gasteiger partial charge in [0.25, 0.3) is 0 Å². The highest BCUT2D eigenvalue weighted by Crippen LogP contribution is 2.66. The van der Waals surface area contributed by atoms with Gasteiger partial charge in [-0.3, -0.25) is 4.79 Å². The van der Waals surface area contributed by atoms with E-state index in [1.54, 1.807) is 11.8 Å². The molecule has 0 aromatic rings. The lowest BCUT2D eigenvalue weighted by atomic mass is 9.92. The van der Waals surface area contributed by atoms with Crippen molar-refractivity contribution in [2.45, 2.75) is 28.2 Å². The number of alkyl halides is 1. The summed E-state index contributed by atoms with van der Waals surface area (Å²) in [5, 5.41) is 0. The van der Waals surface area contributed by atoms with Crippen LogP contribution in [0.25, 0.3) is 0 Å². The van der Waals surface area contributed by atoms with Crippen molar-refractivity contribution in [2.75, 3.05) is 26.6 Å². The number of fused-ring (bicyclic) bond motifs is 3. The SMILES string of the molecule is COC(=O)[C@]1(SC)[C@@H]2C[C@H](Br)[C@@H]1CC21OCCO1. The van der Waals surface area contributed by atoms with Crippen LogP contribution in [0.3, 0.4) is 0 Å². The molecule has 0 unspecified atom stereocenters. The van der Waals surface area contributed by atoms with Gasteiger partial charge >= 0.3 is 5.97 Å². The summed E-state index contributed by atoms with van der Waals surface area (Å²) in [7, 11) is 1.46. The van der Waals surface area contributed by atoms with E-state index in [2.05, 4.69) is 15.9 Å². The third-order valence-electron chi connectivity index (χ3n) is 4.62. The zero-order chi connectivity index (χ0) is 13.0. The minimum atomic E-state index is -0.549. The van der Waals surface area contributed by atoms with Crippen LogP contribution in [0.4, 0.5) is 0 Å². The van der Waals surface area contributed by atoms with Crippen LogP contribution in [-0.4, -0.2) is 47.9 Å². The maximum Gasteiger partial charge on any atom is 0.322 e. The predicted molar refractivity (Wildman–Crippen MR) is 71.8 cm³/mol. The molecule has 0 aromatic carbocycles. The summed E-state index contributed by atoms with van der Waals surface area (Å²) in [4.78, 5) is 12.7. The predicted octanol–water partition coefficient (Wildman–Crippen LogP) is 1.81. The van der Waals surface area contributed by atoms with Gasteiger partial charge in [0.1, 0.15) is 4.75 Å². The van der Waals surface area contributed by atoms with E-state index in [4.69, 9.17) is 14.2 Å². The lowest BCUT2D eigenvalue weighted by molar-refractivity contribution is -0.193. The fraction of sp³-hybridized carbons (Fsp3) is 0.917. The molecule has 102 valence electrons. The van der Waals surface area contributed by atoms with Crippen molar-refractivity contribution >= 4 is 33.7 Å². The van der Waals surface area contributed by atoms with Gasteiger partial charge < -0.3 is 14.2 Å². The summed E-state index contributed by atoms with van der Waals surface area (Å²) >= 11 is 5.30. The molecule has 3 rings (SSSR count). The lowest BCUT2D eigenvalue weighted by Crippen LogP contribution is -2.46. The smallest absolute Gasteiger partial charge is 0.322 e. The third kappa shape index (κ3) is 1.43. The Bertz CT molecular complexity index is 371. The third-order valence-corrected chi connectivity index (χ3v) is 7.06. The average molecular weight is 337 g/mol. The minimum absolute atomic E-state index is 0.0734. The summed E-state index contributed by atoms with van der Waals surface area (Å²) in [5.74, 6) is -0.401. The van der Waals surface area contributed by atoms with Gasteiger partial charge in [-0.05, 0) is 12.7 Å². The summed E-state index contributed by atoms with van der Waals surface area (Å²) in [6, 6.07) is 0. The van der Waals surface area contributed by atoms with Gasteiger partial charge in [-0.1, -0.05) is 15.9 Å². The average Bonchev–Trinajstić information content (AvgIpc) is 3.02. The number of halogens is 1. The number of rotatable bonds is 2. The summed E-state index contributed by atoms with van der Waals surface area (Å²) in [5.41, 5.74) is 0. The normalized spacial score (nSPS) is 44.7. The first kappa shape index (κ1) is 13.2. The molecule has 3 fully saturated rings. The van der Waals surface area contributed by atoms with E-state index >= 15 is 0 Å². The Hall–Kier alpha value is 0.220. The van der Waals surface area contributed by atoms with E-state index in [0.29, 0.717) is 18.0 Å². The van der Waals surface area contributed by atoms with Crippen LogP contribution in [-0.2, 0) is 19.0 Å². The zero-order valence-corrected chi connectivity index (χ0v) is 12.9. The molecule has 2 saturated carbocycles. The molecule has 6 heteroatoms. The van der Waals surface area contributed by atoms with Crippen LogP contribution in [0.15, 0.2) is 0 Å². The number of hydrogen-bond donors (Lipinski definition) is 0. The van der Waals surface area contributed by atoms with Crippen molar-refractivity contribution < 1.29 is 19.0 Å². The van der Waals surface area contributed by atoms with E-state index in [1.807, 2.05) is 6.26 Å². The van der Waals surface area contributed by atoms with E-state index < -0.39 is 10.5 Å². The Balaban J connectivity index is 2.02. The first-order chi connectivity index (χ1) is 8.60. The van der Waals surface area contributed by atoms with Crippen molar-refractivity contribution in [3.05, 3.63) is 0 Å². The molecule has 2 aliphatic carbocycles. The van der Waals surface area contributed by atoms with E-state index in [9.17, 15) is 4.79 Å². The van der Waals surface area contributed by atoms with Crippen molar-refractivity contribution in [2.24, 2.45) is 11.8 Å². The second-order valence-corrected chi connectivity index (χ2v) is 7.37. The maximum absolute atomic E-state index is 12.3. The molecule has 4 atom stereocenters. The molecule has 1 heterocycles. The maximum atomic E-state index is 12.3. The minimum Gasteiger partial charge on any atom is -0.468 e. The van der Waals surface area contributed by atoms with Crippen LogP contribution < -0.4 is 0 Å². The van der Waals surface area contributed by atoms with Gasteiger partial charge in [0.2, 0.25) is 0 Å². The molecule has 0 N–H and O–H groups in total. The molecule has 0 amide bonds. The summed E-state index contributed by atoms with van der Waals surface area (Å²) < 4.78 is 16.3. The van der Waals surface area contributed by atoms with Crippen LogP contribution >= 0.6 is 27.7 Å². The molecule has 1 saturated heterocycles. The molecule has 0 aromatic heterocycles. The quantitative estimate of drug-likeness (QED) is 0.568. The molecule has 1 aliphatic heterocycles. The number of methoxy groups -OCH3 is 1. The fourth-order valence-corrected chi connectivity index (χ4v) is 6.46. The first-order valence-electron chi connectivity index (χ1n) is 6.16. The molecule has 3 aliphatic rings. The standard InChI is InChI=1S/C12H17BrO4S/c1-15-10(14)12(18-2)7-6-11(16-3-4-17-11)9(12)5-8(7)13/h7-9H,3-6H2,1-2H3/t7-,8-,9+,12+/m0/s1. The van der Waals surface area contributed by atoms with E-state index in [0.717, 1.165) is 12.8 Å². The topological polar surface area (TPSA) is 44.8 Å². The summed E-state index contributed by atoms with van der Waals surface area (Å²) in [6.07, 6.45) is 3.67. The fourth-order valence-electron chi connectivity index (χ4n) is 3.95. The number of ether oxygens (including phenoxy) is 3. The molecule has 2 bridgehead atoms. The van der Waals surface area contributed by atoms with Crippen molar-refractivity contribution in [1.82, 2.24) is 0 Å². The molecular weight excluding hydrogens is 320 g/mol. The Morgan fingerprint density at radius 2 is 2.11 bits per heavy atom. The van der Waals surface area contributed by atoms with Gasteiger partial charge in [0.15, 0.2) is 5.79 Å². The number of carbonyl (C=O) groups excluding carboxylic acids is 1. The molecule has 1 spiro atoms. The van der Waals surface area contributed by atoms with Crippen molar-refractivity contribution in [3.63, 3.8) is 0 Å². The van der Waals surface area contributed by atoms with Gasteiger partial charge in [-0.2, -0.15) is 0 Å². The summed E-state index contributed by atoms with van der Waals surface area (Å²) in [6.45, 7) is 1.25. The molecule has 18 heavy (non-hydrogen) atoms. The largest absolute Gasteiger partial charge is 0.468 e. The lowest BCUT2D eigenvalue weighted by Gasteiger charge is -2.35. The monoisotopic (exact) mass is 336 g/mol. The number of thioether (sulfide) groups is 1. The van der Waals surface area contributed by atoms with Crippen molar-refractivity contribution in [3.8, 4) is 0 Å². The van der Waals surface area contributed by atoms with Gasteiger partial charge in [-0.15, -0.1) is 11.8 Å². The second-order valence-electron chi connectivity index (χ2n) is 5.11. The first-order valence-corrected chi connectivity index (χ1v) is 8.30. The second kappa shape index (κ2) is 4.36. The highest BCUT2D eigenvalue weighted by molar-refractivity contribution is 9.09. The Morgan fingerprint density at radius 1 is 1.44 bits per heavy atom. The Labute approximate surface area is 119 Å². The molecule has 0 radical (unpaired) electrons. The van der Waals surface area contributed by atoms with Crippen LogP contribution in [0.1, 0.15) is 12.8 Å². The van der Waals surface area contributed by atoms with Gasteiger partial charge in [0, 0.05) is 23.1 Å². The Morgan fingerprint density at radius 3 is 2.67 bits per heavy atom. The molecule has 4 nitrogen and oxygen atoms in total. The van der Waals surface area contributed by atoms with E-state index in [1.165, 1.54) is 7.11 Å². The number of hydrogen-bond acceptors (Lipinski definition) is 5. The zero-order valence-electron chi connectivity index (χ0n) is 10.5. The highest BCUT2D eigenvalue weighted by atomic mass is 79.9.